The molecule has 0 aromatic heterocycles. The Morgan fingerprint density at radius 3 is 2.52 bits per heavy atom. The van der Waals surface area contributed by atoms with E-state index in [0.717, 1.165) is 43.9 Å². The third-order valence-electron chi connectivity index (χ3n) is 17.2. The van der Waals surface area contributed by atoms with Gasteiger partial charge in [0.25, 0.3) is 0 Å². The summed E-state index contributed by atoms with van der Waals surface area (Å²) in [4.78, 5) is 15.6. The Morgan fingerprint density at radius 1 is 0.964 bits per heavy atom. The Kier molecular flexibility index (Phi) is 9.83. The first-order valence-corrected chi connectivity index (χ1v) is 22.4. The van der Waals surface area contributed by atoms with Crippen molar-refractivity contribution in [1.82, 2.24) is 4.90 Å². The molecule has 5 aliphatic carbocycles. The van der Waals surface area contributed by atoms with Crippen LogP contribution in [0, 0.1) is 52.3 Å². The van der Waals surface area contributed by atoms with Crippen LogP contribution in [0.1, 0.15) is 114 Å². The number of nitrogens with zero attached hydrogens (tertiary/aromatic N) is 1. The molecule has 8 nitrogen and oxygen atoms in total. The number of aliphatic hydroxyl groups excluding tert-OH is 3. The van der Waals surface area contributed by atoms with Crippen LogP contribution in [-0.4, -0.2) is 71.2 Å². The molecule has 302 valence electrons. The number of aliphatic hydroxyl groups is 3. The van der Waals surface area contributed by atoms with Crippen molar-refractivity contribution in [2.45, 2.75) is 127 Å². The quantitative estimate of drug-likeness (QED) is 0.190. The first-order chi connectivity index (χ1) is 27.4. The lowest BCUT2D eigenvalue weighted by atomic mass is 9.64. The maximum absolute atomic E-state index is 13.2. The zero-order valence-electron chi connectivity index (χ0n) is 33.3. The first-order valence-electron chi connectivity index (χ1n) is 22.4. The largest absolute Gasteiger partial charge is 0.492 e. The molecular formula is C48H63NO7. The van der Waals surface area contributed by atoms with Gasteiger partial charge in [-0.25, -0.2) is 4.79 Å². The van der Waals surface area contributed by atoms with Crippen molar-refractivity contribution in [2.24, 2.45) is 52.3 Å². The number of allylic oxidation sites excluding steroid dienone is 1. The van der Waals surface area contributed by atoms with Crippen molar-refractivity contribution < 1.29 is 34.3 Å². The highest BCUT2D eigenvalue weighted by Gasteiger charge is 2.66. The molecule has 0 unspecified atom stereocenters. The lowest BCUT2D eigenvalue weighted by Gasteiger charge is -2.53. The van der Waals surface area contributed by atoms with Gasteiger partial charge < -0.3 is 29.5 Å². The van der Waals surface area contributed by atoms with Gasteiger partial charge in [0.15, 0.2) is 11.5 Å². The van der Waals surface area contributed by atoms with Crippen molar-refractivity contribution >= 4 is 5.97 Å². The monoisotopic (exact) mass is 765 g/mol. The van der Waals surface area contributed by atoms with Crippen molar-refractivity contribution in [3.8, 4) is 0 Å². The third kappa shape index (κ3) is 5.92. The Morgan fingerprint density at radius 2 is 1.77 bits per heavy atom. The number of carbonyl (C=O) groups is 1. The molecule has 1 aromatic carbocycles. The molecule has 3 N–H and O–H groups in total. The molecule has 11 atom stereocenters. The van der Waals surface area contributed by atoms with Crippen LogP contribution in [0.4, 0.5) is 0 Å². The van der Waals surface area contributed by atoms with Gasteiger partial charge in [-0.15, -0.1) is 0 Å². The van der Waals surface area contributed by atoms with Crippen molar-refractivity contribution in [1.29, 1.82) is 0 Å². The summed E-state index contributed by atoms with van der Waals surface area (Å²) in [5.41, 5.74) is 2.21. The molecule has 56 heavy (non-hydrogen) atoms. The second kappa shape index (κ2) is 14.7. The fourth-order valence-corrected chi connectivity index (χ4v) is 15.1. The number of hydrogen-bond acceptors (Lipinski definition) is 8. The van der Waals surface area contributed by atoms with Crippen molar-refractivity contribution in [3.63, 3.8) is 0 Å². The lowest BCUT2D eigenvalue weighted by Crippen LogP contribution is -2.62. The molecule has 0 bridgehead atoms. The Bertz CT molecular complexity index is 1790. The third-order valence-corrected chi connectivity index (χ3v) is 17.2. The van der Waals surface area contributed by atoms with Gasteiger partial charge in [0.05, 0.1) is 32.3 Å². The molecule has 4 saturated carbocycles. The number of methoxy groups -OCH3 is 1. The highest BCUT2D eigenvalue weighted by molar-refractivity contribution is 5.94. The lowest BCUT2D eigenvalue weighted by molar-refractivity contribution is -0.134. The van der Waals surface area contributed by atoms with E-state index in [9.17, 15) is 20.1 Å². The number of carbonyl (C=O) groups excluding carboxylic acids is 1. The molecule has 1 aromatic rings. The van der Waals surface area contributed by atoms with Gasteiger partial charge in [-0.05, 0) is 116 Å². The predicted molar refractivity (Wildman–Crippen MR) is 212 cm³/mol. The number of cyclic esters (lactones) is 1. The topological polar surface area (TPSA) is 109 Å². The number of piperidine rings is 1. The van der Waals surface area contributed by atoms with Crippen LogP contribution in [-0.2, 0) is 19.0 Å². The number of rotatable bonds is 7. The maximum Gasteiger partial charge on any atom is 0.345 e. The molecule has 4 aliphatic heterocycles. The van der Waals surface area contributed by atoms with Gasteiger partial charge in [0, 0.05) is 30.5 Å². The number of hydrogen-bond donors (Lipinski definition) is 3. The average molecular weight is 766 g/mol. The van der Waals surface area contributed by atoms with Crippen LogP contribution in [0.2, 0.25) is 0 Å². The maximum atomic E-state index is 13.2. The van der Waals surface area contributed by atoms with Gasteiger partial charge in [0.1, 0.15) is 11.3 Å². The summed E-state index contributed by atoms with van der Waals surface area (Å²) >= 11 is 0. The molecule has 0 amide bonds. The normalized spacial score (nSPS) is 41.1. The van der Waals surface area contributed by atoms with Gasteiger partial charge >= 0.3 is 5.97 Å². The summed E-state index contributed by atoms with van der Waals surface area (Å²) in [6.07, 6.45) is 26.3. The molecule has 4 heterocycles. The van der Waals surface area contributed by atoms with E-state index < -0.39 is 24.6 Å². The predicted octanol–water partition coefficient (Wildman–Crippen LogP) is 7.92. The van der Waals surface area contributed by atoms with E-state index in [0.29, 0.717) is 34.8 Å². The first kappa shape index (κ1) is 37.4. The van der Waals surface area contributed by atoms with Gasteiger partial charge in [-0.1, -0.05) is 81.0 Å². The standard InChI is InChI=1S/C48H63NO7/c1-54-43-36(27-51)46(53)56-45(43)44-35(26-50)39-37-24-33-34(25-48(40(33)30-13-3-2-4-14-30)21-20-47(28-48)18-7-8-19-47)41(49(37)22-10-17-38(39)55-44)42(52)32-16-9-15-31(23-32)29-11-5-6-12-29/h2-4,9,13-14,16-17,29,31-35,37,39-42,50-52H,5-8,10-12,15,18-28H2,1H3/t31-,32+,33-,34+,35+,37-,39+,40-,41+,42+,48-/m1/s1. The van der Waals surface area contributed by atoms with Crippen LogP contribution in [0.3, 0.4) is 0 Å². The molecule has 0 radical (unpaired) electrons. The SMILES string of the molecule is COC1=C(CO)C(=O)OC1=C1OC2=CCCN3[C@H]([C@@H](O)[C@H]4C=CC[C@@H](C5CCCC5)C4)[C@H]4C[C@@]5(CCC6(CCCC6)C5)[C@H](c5ccccc5)[C@@H]4C[C@@H]3[C@@H]2[C@@H]1CO. The van der Waals surface area contributed by atoms with E-state index in [1.165, 1.54) is 89.7 Å². The summed E-state index contributed by atoms with van der Waals surface area (Å²) in [6.45, 7) is 0.151. The van der Waals surface area contributed by atoms with Crippen LogP contribution in [0.5, 0.6) is 0 Å². The van der Waals surface area contributed by atoms with Crippen molar-refractivity contribution in [2.75, 3.05) is 26.9 Å². The summed E-state index contributed by atoms with van der Waals surface area (Å²) in [6, 6.07) is 11.4. The Labute approximate surface area is 333 Å². The van der Waals surface area contributed by atoms with E-state index in [1.807, 2.05) is 0 Å². The van der Waals surface area contributed by atoms with E-state index >= 15 is 0 Å². The minimum atomic E-state index is -0.645. The van der Waals surface area contributed by atoms with Crippen LogP contribution >= 0.6 is 0 Å². The minimum absolute atomic E-state index is 0.00929. The van der Waals surface area contributed by atoms with E-state index in [1.54, 1.807) is 0 Å². The fourth-order valence-electron chi connectivity index (χ4n) is 15.1. The molecule has 9 aliphatic rings. The Hall–Kier alpha value is -2.91. The summed E-state index contributed by atoms with van der Waals surface area (Å²) in [7, 11) is 1.47. The van der Waals surface area contributed by atoms with Crippen LogP contribution in [0.15, 0.2) is 77.2 Å². The van der Waals surface area contributed by atoms with E-state index in [2.05, 4.69) is 53.5 Å². The van der Waals surface area contributed by atoms with Crippen LogP contribution < -0.4 is 0 Å². The second-order valence-corrected chi connectivity index (χ2v) is 19.6. The second-order valence-electron chi connectivity index (χ2n) is 19.6. The number of benzene rings is 1. The zero-order valence-corrected chi connectivity index (χ0v) is 33.3. The van der Waals surface area contributed by atoms with Crippen LogP contribution in [0.25, 0.3) is 0 Å². The van der Waals surface area contributed by atoms with E-state index in [4.69, 9.17) is 14.2 Å². The average Bonchev–Trinajstić information content (AvgIpc) is 4.09. The summed E-state index contributed by atoms with van der Waals surface area (Å²) in [5, 5.41) is 34.5. The Balaban J connectivity index is 1.08. The number of esters is 1. The zero-order chi connectivity index (χ0) is 38.2. The molecule has 8 heteroatoms. The number of ether oxygens (including phenoxy) is 3. The smallest absolute Gasteiger partial charge is 0.345 e. The van der Waals surface area contributed by atoms with Gasteiger partial charge in [0.2, 0.25) is 5.76 Å². The van der Waals surface area contributed by atoms with Gasteiger partial charge in [-0.3, -0.25) is 4.90 Å². The molecular weight excluding hydrogens is 703 g/mol. The molecule has 2 saturated heterocycles. The molecule has 10 rings (SSSR count). The van der Waals surface area contributed by atoms with Crippen molar-refractivity contribution in [3.05, 3.63) is 82.7 Å². The molecule has 6 fully saturated rings. The summed E-state index contributed by atoms with van der Waals surface area (Å²) in [5.74, 6) is 3.00. The minimum Gasteiger partial charge on any atom is -0.492 e. The molecule has 2 spiro atoms. The summed E-state index contributed by atoms with van der Waals surface area (Å²) < 4.78 is 18.1. The highest BCUT2D eigenvalue weighted by atomic mass is 16.6. The fraction of sp³-hybridized carbons (Fsp3) is 0.688. The van der Waals surface area contributed by atoms with E-state index in [-0.39, 0.29) is 53.0 Å². The van der Waals surface area contributed by atoms with Gasteiger partial charge in [-0.2, -0.15) is 0 Å². The highest BCUT2D eigenvalue weighted by Crippen LogP contribution is 2.72. The number of fused-ring (bicyclic) bond motifs is 4.